The molecule has 3 aliphatic heterocycles. The van der Waals surface area contributed by atoms with Gasteiger partial charge in [0.05, 0.1) is 54.9 Å². The van der Waals surface area contributed by atoms with E-state index >= 15 is 0 Å². The van der Waals surface area contributed by atoms with Crippen LogP contribution in [-0.4, -0.2) is 69.9 Å². The minimum Gasteiger partial charge on any atom is -0.463 e. The molecule has 1 aromatic rings. The van der Waals surface area contributed by atoms with Gasteiger partial charge in [0.1, 0.15) is 0 Å². The van der Waals surface area contributed by atoms with E-state index in [-0.39, 0.29) is 34.8 Å². The monoisotopic (exact) mass is 543 g/mol. The second-order valence-corrected chi connectivity index (χ2v) is 14.1. The molecule has 3 saturated carbocycles. The maximum absolute atomic E-state index is 6.18. The summed E-state index contributed by atoms with van der Waals surface area (Å²) >= 11 is 0. The first-order valence-electron chi connectivity index (χ1n) is 15.2. The van der Waals surface area contributed by atoms with E-state index in [1.165, 1.54) is 0 Å². The first-order chi connectivity index (χ1) is 18.6. The Labute approximate surface area is 232 Å². The van der Waals surface area contributed by atoms with Crippen LogP contribution in [0.2, 0.25) is 0 Å². The lowest BCUT2D eigenvalue weighted by Crippen LogP contribution is -2.33. The van der Waals surface area contributed by atoms with Crippen molar-refractivity contribution in [2.45, 2.75) is 115 Å². The Hall–Kier alpha value is -1.71. The van der Waals surface area contributed by atoms with Crippen molar-refractivity contribution in [3.63, 3.8) is 0 Å². The van der Waals surface area contributed by atoms with E-state index in [1.807, 2.05) is 0 Å². The van der Waals surface area contributed by atoms with Crippen molar-refractivity contribution in [3.8, 4) is 18.0 Å². The maximum atomic E-state index is 6.18. The van der Waals surface area contributed by atoms with Gasteiger partial charge in [-0.05, 0) is 94.8 Å². The molecule has 3 saturated heterocycles. The summed E-state index contributed by atoms with van der Waals surface area (Å²) in [7, 11) is 0. The summed E-state index contributed by atoms with van der Waals surface area (Å²) in [5, 5.41) is 0. The molecule has 9 nitrogen and oxygen atoms in total. The minimum atomic E-state index is 0.0729. The fourth-order valence-corrected chi connectivity index (χ4v) is 8.07. The van der Waals surface area contributed by atoms with Gasteiger partial charge in [-0.25, -0.2) is 0 Å². The molecule has 6 aliphatic rings. The zero-order valence-electron chi connectivity index (χ0n) is 24.4. The van der Waals surface area contributed by atoms with Crippen molar-refractivity contribution in [2.75, 3.05) is 19.8 Å². The van der Waals surface area contributed by atoms with E-state index in [9.17, 15) is 0 Å². The summed E-state index contributed by atoms with van der Waals surface area (Å²) in [5.41, 5.74) is 0.219. The molecule has 12 unspecified atom stereocenters. The van der Waals surface area contributed by atoms with E-state index in [0.717, 1.165) is 38.5 Å². The van der Waals surface area contributed by atoms with E-state index in [0.29, 0.717) is 73.6 Å². The molecule has 3 aliphatic carbocycles. The van der Waals surface area contributed by atoms with E-state index in [1.54, 1.807) is 0 Å². The van der Waals surface area contributed by atoms with Gasteiger partial charge in [0.2, 0.25) is 0 Å². The Kier molecular flexibility index (Phi) is 6.15. The van der Waals surface area contributed by atoms with Crippen molar-refractivity contribution in [1.82, 2.24) is 15.0 Å². The van der Waals surface area contributed by atoms with Crippen LogP contribution in [0.15, 0.2) is 0 Å². The molecule has 39 heavy (non-hydrogen) atoms. The van der Waals surface area contributed by atoms with Crippen LogP contribution < -0.4 is 14.2 Å². The van der Waals surface area contributed by atoms with Crippen LogP contribution in [0, 0.1) is 35.5 Å². The number of rotatable bonds is 9. The molecule has 0 aromatic carbocycles. The van der Waals surface area contributed by atoms with Gasteiger partial charge in [0.25, 0.3) is 0 Å². The number of epoxide rings is 3. The molecule has 7 rings (SSSR count). The zero-order valence-corrected chi connectivity index (χ0v) is 24.4. The molecule has 0 spiro atoms. The van der Waals surface area contributed by atoms with Crippen molar-refractivity contribution in [1.29, 1.82) is 0 Å². The molecule has 0 bridgehead atoms. The summed E-state index contributed by atoms with van der Waals surface area (Å²) in [6, 6.07) is 0.825. The Bertz CT molecular complexity index is 961. The second kappa shape index (κ2) is 9.15. The fourth-order valence-electron chi connectivity index (χ4n) is 8.07. The number of aromatic nitrogens is 3. The van der Waals surface area contributed by atoms with Crippen molar-refractivity contribution < 1.29 is 28.4 Å². The van der Waals surface area contributed by atoms with Gasteiger partial charge in [-0.15, -0.1) is 15.0 Å². The van der Waals surface area contributed by atoms with Crippen molar-refractivity contribution in [3.05, 3.63) is 0 Å². The highest BCUT2D eigenvalue weighted by Crippen LogP contribution is 2.54. The average molecular weight is 544 g/mol. The third kappa shape index (κ3) is 4.80. The second-order valence-electron chi connectivity index (χ2n) is 14.1. The smallest absolute Gasteiger partial charge is 0.325 e. The highest BCUT2D eigenvalue weighted by molar-refractivity contribution is 5.12. The van der Waals surface area contributed by atoms with Crippen LogP contribution in [0.5, 0.6) is 18.0 Å². The highest BCUT2D eigenvalue weighted by Gasteiger charge is 2.60. The molecule has 0 radical (unpaired) electrons. The minimum absolute atomic E-state index is 0.0729. The van der Waals surface area contributed by atoms with Crippen LogP contribution in [0.4, 0.5) is 0 Å². The largest absolute Gasteiger partial charge is 0.463 e. The molecule has 1 aromatic heterocycles. The van der Waals surface area contributed by atoms with Crippen LogP contribution >= 0.6 is 0 Å². The highest BCUT2D eigenvalue weighted by atomic mass is 16.6. The SMILES string of the molecule is CC1C(COc2nc(OCC3CCC4(C)OC4C3C)nc(OCC3CCC4(C)OC4C3C)n2)CCC2(C)OC12. The summed E-state index contributed by atoms with van der Waals surface area (Å²) < 4.78 is 36.5. The molecule has 216 valence electrons. The number of fused-ring (bicyclic) bond motifs is 3. The lowest BCUT2D eigenvalue weighted by Gasteiger charge is -2.29. The maximum Gasteiger partial charge on any atom is 0.325 e. The van der Waals surface area contributed by atoms with E-state index < -0.39 is 0 Å². The normalized spacial score (nSPS) is 49.2. The van der Waals surface area contributed by atoms with Gasteiger partial charge >= 0.3 is 18.0 Å². The molecule has 9 heteroatoms. The first-order valence-corrected chi connectivity index (χ1v) is 15.2. The molecule has 12 atom stereocenters. The van der Waals surface area contributed by atoms with Gasteiger partial charge in [-0.3, -0.25) is 0 Å². The Balaban J connectivity index is 1.01. The Morgan fingerprint density at radius 3 is 1.13 bits per heavy atom. The number of nitrogens with zero attached hydrogens (tertiary/aromatic N) is 3. The molecule has 0 N–H and O–H groups in total. The third-order valence-corrected chi connectivity index (χ3v) is 11.4. The predicted molar refractivity (Wildman–Crippen MR) is 142 cm³/mol. The fraction of sp³-hybridized carbons (Fsp3) is 0.900. The van der Waals surface area contributed by atoms with Crippen molar-refractivity contribution >= 4 is 0 Å². The lowest BCUT2D eigenvalue weighted by atomic mass is 9.76. The zero-order chi connectivity index (χ0) is 27.2. The predicted octanol–water partition coefficient (Wildman–Crippen LogP) is 4.62. The van der Waals surface area contributed by atoms with Gasteiger partial charge in [0.15, 0.2) is 0 Å². The van der Waals surface area contributed by atoms with E-state index in [4.69, 9.17) is 28.4 Å². The van der Waals surface area contributed by atoms with Gasteiger partial charge < -0.3 is 28.4 Å². The standard InChI is InChI=1S/C30H45N3O6/c1-16-19(7-10-28(4)22(16)37-28)13-34-25-31-26(35-14-20-8-11-29(5)23(38-29)17(20)2)33-27(32-25)36-15-21-9-12-30(6)24(39-30)18(21)3/h16-24H,7-15H2,1-6H3. The van der Waals surface area contributed by atoms with Crippen LogP contribution in [0.3, 0.4) is 0 Å². The molecular weight excluding hydrogens is 498 g/mol. The van der Waals surface area contributed by atoms with Crippen LogP contribution in [0.1, 0.15) is 80.1 Å². The third-order valence-electron chi connectivity index (χ3n) is 11.4. The number of hydrogen-bond acceptors (Lipinski definition) is 9. The van der Waals surface area contributed by atoms with Crippen LogP contribution in [-0.2, 0) is 14.2 Å². The first kappa shape index (κ1) is 26.2. The quantitative estimate of drug-likeness (QED) is 0.413. The van der Waals surface area contributed by atoms with Gasteiger partial charge in [0, 0.05) is 0 Å². The Morgan fingerprint density at radius 1 is 0.564 bits per heavy atom. The van der Waals surface area contributed by atoms with E-state index in [2.05, 4.69) is 56.5 Å². The summed E-state index contributed by atoms with van der Waals surface area (Å²) in [5.74, 6) is 2.56. The summed E-state index contributed by atoms with van der Waals surface area (Å²) in [6.45, 7) is 15.1. The average Bonchev–Trinajstić information content (AvgIpc) is 3.84. The van der Waals surface area contributed by atoms with Crippen LogP contribution in [0.25, 0.3) is 0 Å². The molecule has 4 heterocycles. The topological polar surface area (TPSA) is 104 Å². The van der Waals surface area contributed by atoms with Crippen molar-refractivity contribution in [2.24, 2.45) is 35.5 Å². The molecular formula is C30H45N3O6. The molecule has 0 amide bonds. The lowest BCUT2D eigenvalue weighted by molar-refractivity contribution is 0.129. The summed E-state index contributed by atoms with van der Waals surface area (Å²) in [4.78, 5) is 13.6. The molecule has 6 fully saturated rings. The number of hydrogen-bond donors (Lipinski definition) is 0. The van der Waals surface area contributed by atoms with Gasteiger partial charge in [-0.2, -0.15) is 0 Å². The Morgan fingerprint density at radius 2 is 0.846 bits per heavy atom. The number of ether oxygens (including phenoxy) is 6. The summed E-state index contributed by atoms with van der Waals surface area (Å²) in [6.07, 6.45) is 7.45. The van der Waals surface area contributed by atoms with Gasteiger partial charge in [-0.1, -0.05) is 20.8 Å².